The van der Waals surface area contributed by atoms with Crippen LogP contribution in [-0.4, -0.2) is 26.4 Å². The summed E-state index contributed by atoms with van der Waals surface area (Å²) in [7, 11) is -1.84. The highest BCUT2D eigenvalue weighted by Gasteiger charge is 2.52. The van der Waals surface area contributed by atoms with E-state index in [2.05, 4.69) is 84.4 Å². The van der Waals surface area contributed by atoms with Crippen molar-refractivity contribution in [1.29, 1.82) is 0 Å². The molecule has 0 radical (unpaired) electrons. The molecular weight excluding hydrogens is 359 g/mol. The molecule has 1 heterocycles. The summed E-state index contributed by atoms with van der Waals surface area (Å²) in [5.74, 6) is 3.51. The van der Waals surface area contributed by atoms with Crippen molar-refractivity contribution in [1.82, 2.24) is 0 Å². The maximum atomic E-state index is 6.40. The van der Waals surface area contributed by atoms with Crippen molar-refractivity contribution in [3.63, 3.8) is 0 Å². The molecule has 1 aromatic carbocycles. The molecule has 0 amide bonds. The van der Waals surface area contributed by atoms with Gasteiger partial charge in [-0.2, -0.15) is 0 Å². The number of rotatable bonds is 6. The van der Waals surface area contributed by atoms with Gasteiger partial charge in [0.25, 0.3) is 0 Å². The number of allylic oxidation sites excluding steroid dienone is 1. The van der Waals surface area contributed by atoms with Crippen molar-refractivity contribution < 1.29 is 9.31 Å². The Labute approximate surface area is 174 Å². The molecule has 0 unspecified atom stereocenters. The Hall–Kier alpha value is -1.28. The number of hydrogen-bond donors (Lipinski definition) is 0. The molecule has 1 aliphatic heterocycles. The maximum Gasteiger partial charge on any atom is 0.495 e. The Morgan fingerprint density at radius 1 is 1.11 bits per heavy atom. The average molecular weight is 396 g/mol. The van der Waals surface area contributed by atoms with E-state index in [0.717, 1.165) is 23.9 Å². The molecule has 0 atom stereocenters. The summed E-state index contributed by atoms with van der Waals surface area (Å²) in [5, 5.41) is 0. The van der Waals surface area contributed by atoms with Gasteiger partial charge in [-0.1, -0.05) is 51.0 Å². The SMILES string of the molecule is C=CCc1c(C#C[Si](C)(C)C)cc(CCCC)cc1B1OC(C)(C)C(C)(C)O1. The first kappa shape index (κ1) is 23.0. The van der Waals surface area contributed by atoms with E-state index in [1.54, 1.807) is 0 Å². The van der Waals surface area contributed by atoms with Crippen LogP contribution < -0.4 is 5.46 Å². The van der Waals surface area contributed by atoms with Gasteiger partial charge >= 0.3 is 7.12 Å². The third kappa shape index (κ3) is 5.41. The van der Waals surface area contributed by atoms with Crippen LogP contribution in [0.25, 0.3) is 0 Å². The fraction of sp³-hybridized carbons (Fsp3) is 0.583. The Morgan fingerprint density at radius 3 is 2.21 bits per heavy atom. The summed E-state index contributed by atoms with van der Waals surface area (Å²) < 4.78 is 12.8. The molecule has 0 aromatic heterocycles. The molecule has 0 N–H and O–H groups in total. The molecule has 0 spiro atoms. The summed E-state index contributed by atoms with van der Waals surface area (Å²) in [5.41, 5.74) is 7.58. The van der Waals surface area contributed by atoms with Crippen molar-refractivity contribution in [3.05, 3.63) is 41.5 Å². The van der Waals surface area contributed by atoms with E-state index in [0.29, 0.717) is 0 Å². The Kier molecular flexibility index (Phi) is 7.08. The lowest BCUT2D eigenvalue weighted by molar-refractivity contribution is 0.00578. The molecule has 1 aromatic rings. The number of aryl methyl sites for hydroxylation is 1. The summed E-state index contributed by atoms with van der Waals surface area (Å²) in [6.45, 7) is 21.5. The molecule has 2 nitrogen and oxygen atoms in total. The van der Waals surface area contributed by atoms with E-state index in [1.807, 2.05) is 6.08 Å². The van der Waals surface area contributed by atoms with Crippen molar-refractivity contribution in [2.75, 3.05) is 0 Å². The average Bonchev–Trinajstić information content (AvgIpc) is 2.79. The molecule has 152 valence electrons. The topological polar surface area (TPSA) is 18.5 Å². The van der Waals surface area contributed by atoms with E-state index >= 15 is 0 Å². The first-order chi connectivity index (χ1) is 12.9. The second-order valence-corrected chi connectivity index (χ2v) is 14.6. The molecule has 0 aliphatic carbocycles. The van der Waals surface area contributed by atoms with Crippen LogP contribution in [-0.2, 0) is 22.2 Å². The highest BCUT2D eigenvalue weighted by molar-refractivity contribution is 6.83. The normalized spacial score (nSPS) is 17.9. The van der Waals surface area contributed by atoms with Crippen LogP contribution in [0.2, 0.25) is 19.6 Å². The van der Waals surface area contributed by atoms with Gasteiger partial charge in [0.2, 0.25) is 0 Å². The van der Waals surface area contributed by atoms with Crippen LogP contribution in [0.3, 0.4) is 0 Å². The van der Waals surface area contributed by atoms with Crippen molar-refractivity contribution >= 4 is 20.7 Å². The predicted molar refractivity (Wildman–Crippen MR) is 125 cm³/mol. The molecule has 2 rings (SSSR count). The van der Waals surface area contributed by atoms with Gasteiger partial charge in [-0.05, 0) is 69.6 Å². The summed E-state index contributed by atoms with van der Waals surface area (Å²) in [6, 6.07) is 4.55. The molecule has 0 saturated carbocycles. The quantitative estimate of drug-likeness (QED) is 0.370. The first-order valence-electron chi connectivity index (χ1n) is 10.6. The summed E-state index contributed by atoms with van der Waals surface area (Å²) in [4.78, 5) is 0. The lowest BCUT2D eigenvalue weighted by Gasteiger charge is -2.32. The van der Waals surface area contributed by atoms with Crippen LogP contribution in [0, 0.1) is 11.5 Å². The fourth-order valence-electron chi connectivity index (χ4n) is 3.20. The molecule has 1 saturated heterocycles. The zero-order valence-electron chi connectivity index (χ0n) is 19.2. The zero-order chi connectivity index (χ0) is 21.2. The fourth-order valence-corrected chi connectivity index (χ4v) is 3.71. The van der Waals surface area contributed by atoms with Gasteiger partial charge in [-0.25, -0.2) is 0 Å². The van der Waals surface area contributed by atoms with Gasteiger partial charge in [0.05, 0.1) is 11.2 Å². The van der Waals surface area contributed by atoms with Crippen molar-refractivity contribution in [2.45, 2.75) is 91.1 Å². The third-order valence-corrected chi connectivity index (χ3v) is 6.47. The van der Waals surface area contributed by atoms with E-state index < -0.39 is 8.07 Å². The number of hydrogen-bond acceptors (Lipinski definition) is 2. The minimum atomic E-state index is -1.47. The largest absolute Gasteiger partial charge is 0.495 e. The van der Waals surface area contributed by atoms with Crippen LogP contribution in [0.4, 0.5) is 0 Å². The molecule has 0 bridgehead atoms. The van der Waals surface area contributed by atoms with Crippen LogP contribution in [0.1, 0.15) is 64.2 Å². The lowest BCUT2D eigenvalue weighted by Crippen LogP contribution is -2.41. The van der Waals surface area contributed by atoms with E-state index in [1.165, 1.54) is 24.0 Å². The highest BCUT2D eigenvalue weighted by atomic mass is 28.3. The molecule has 28 heavy (non-hydrogen) atoms. The number of unbranched alkanes of at least 4 members (excludes halogenated alkanes) is 1. The van der Waals surface area contributed by atoms with E-state index in [-0.39, 0.29) is 18.3 Å². The van der Waals surface area contributed by atoms with Crippen LogP contribution >= 0.6 is 0 Å². The minimum absolute atomic E-state index is 0.354. The molecular formula is C24H37BO2Si. The Bertz CT molecular complexity index is 762. The van der Waals surface area contributed by atoms with Gasteiger partial charge < -0.3 is 9.31 Å². The van der Waals surface area contributed by atoms with Gasteiger partial charge in [0.1, 0.15) is 8.07 Å². The smallest absolute Gasteiger partial charge is 0.399 e. The van der Waals surface area contributed by atoms with Gasteiger partial charge in [0.15, 0.2) is 0 Å². The predicted octanol–water partition coefficient (Wildman–Crippen LogP) is 5.29. The Morgan fingerprint density at radius 2 is 1.71 bits per heavy atom. The Balaban J connectivity index is 2.61. The third-order valence-electron chi connectivity index (χ3n) is 5.59. The minimum Gasteiger partial charge on any atom is -0.399 e. The standard InChI is InChI=1S/C24H37BO2Si/c1-10-12-14-19-17-20(15-16-28(7,8)9)21(13-11-2)22(18-19)25-26-23(3,4)24(5,6)27-25/h11,17-18H,2,10,12-14H2,1,3-9H3. The molecule has 1 fully saturated rings. The summed E-state index contributed by atoms with van der Waals surface area (Å²) >= 11 is 0. The van der Waals surface area contributed by atoms with Crippen LogP contribution in [0.5, 0.6) is 0 Å². The second kappa shape index (κ2) is 8.61. The van der Waals surface area contributed by atoms with Gasteiger partial charge in [-0.15, -0.1) is 12.1 Å². The molecule has 1 aliphatic rings. The van der Waals surface area contributed by atoms with Crippen molar-refractivity contribution in [3.8, 4) is 11.5 Å². The van der Waals surface area contributed by atoms with E-state index in [9.17, 15) is 0 Å². The van der Waals surface area contributed by atoms with E-state index in [4.69, 9.17) is 9.31 Å². The van der Waals surface area contributed by atoms with Gasteiger partial charge in [0, 0.05) is 5.56 Å². The lowest BCUT2D eigenvalue weighted by atomic mass is 9.72. The van der Waals surface area contributed by atoms with Crippen molar-refractivity contribution in [2.24, 2.45) is 0 Å². The highest BCUT2D eigenvalue weighted by Crippen LogP contribution is 2.37. The maximum absolute atomic E-state index is 6.40. The second-order valence-electron chi connectivity index (χ2n) is 9.90. The monoisotopic (exact) mass is 396 g/mol. The van der Waals surface area contributed by atoms with Crippen LogP contribution in [0.15, 0.2) is 24.8 Å². The number of benzene rings is 1. The summed E-state index contributed by atoms with van der Waals surface area (Å²) in [6.07, 6.45) is 6.12. The molecule has 4 heteroatoms. The van der Waals surface area contributed by atoms with Gasteiger partial charge in [-0.3, -0.25) is 0 Å². The zero-order valence-corrected chi connectivity index (χ0v) is 20.2. The first-order valence-corrected chi connectivity index (χ1v) is 14.1.